The number of hydrogen-bond acceptors (Lipinski definition) is 4. The van der Waals surface area contributed by atoms with Gasteiger partial charge in [-0.05, 0) is 31.5 Å². The van der Waals surface area contributed by atoms with Gasteiger partial charge in [-0.1, -0.05) is 17.9 Å². The summed E-state index contributed by atoms with van der Waals surface area (Å²) in [4.78, 5) is 0. The van der Waals surface area contributed by atoms with Crippen molar-refractivity contribution in [3.63, 3.8) is 0 Å². The predicted molar refractivity (Wildman–Crippen MR) is 79.0 cm³/mol. The number of aryl methyl sites for hydroxylation is 1. The summed E-state index contributed by atoms with van der Waals surface area (Å²) in [5, 5.41) is 8.72. The van der Waals surface area contributed by atoms with Crippen LogP contribution in [0.4, 0.5) is 5.69 Å². The van der Waals surface area contributed by atoms with Gasteiger partial charge in [0.15, 0.2) is 0 Å². The Hall–Kier alpha value is -1.55. The number of nitrogens with one attached hydrogen (secondary N) is 1. The molecular formula is C14H19NO4S. The smallest absolute Gasteiger partial charge is 0.235 e. The van der Waals surface area contributed by atoms with Crippen LogP contribution in [0.15, 0.2) is 18.2 Å². The van der Waals surface area contributed by atoms with Crippen LogP contribution in [0.2, 0.25) is 0 Å². The van der Waals surface area contributed by atoms with E-state index in [0.29, 0.717) is 17.9 Å². The van der Waals surface area contributed by atoms with E-state index in [0.717, 1.165) is 5.56 Å². The molecule has 0 fully saturated rings. The molecule has 0 saturated carbocycles. The third-order valence-corrected chi connectivity index (χ3v) is 3.68. The number of sulfonamides is 1. The Morgan fingerprint density at radius 3 is 2.80 bits per heavy atom. The first-order chi connectivity index (χ1) is 9.48. The van der Waals surface area contributed by atoms with Gasteiger partial charge in [0.1, 0.15) is 6.61 Å². The molecule has 0 amide bonds. The molecule has 2 N–H and O–H groups in total. The molecule has 0 aromatic heterocycles. The van der Waals surface area contributed by atoms with Crippen LogP contribution in [0.3, 0.4) is 0 Å². The van der Waals surface area contributed by atoms with Crippen LogP contribution in [0.5, 0.6) is 0 Å². The van der Waals surface area contributed by atoms with Crippen molar-refractivity contribution in [3.8, 4) is 11.8 Å². The van der Waals surface area contributed by atoms with E-state index in [4.69, 9.17) is 9.84 Å². The molecule has 0 saturated heterocycles. The zero-order chi connectivity index (χ0) is 15.0. The molecule has 0 aliphatic carbocycles. The van der Waals surface area contributed by atoms with E-state index in [1.807, 2.05) is 19.9 Å². The van der Waals surface area contributed by atoms with E-state index in [-0.39, 0.29) is 19.0 Å². The average molecular weight is 297 g/mol. The van der Waals surface area contributed by atoms with Crippen molar-refractivity contribution in [3.05, 3.63) is 29.3 Å². The molecule has 0 aliphatic rings. The average Bonchev–Trinajstić information content (AvgIpc) is 2.37. The Morgan fingerprint density at radius 2 is 2.15 bits per heavy atom. The van der Waals surface area contributed by atoms with Crippen LogP contribution in [0.25, 0.3) is 0 Å². The molecule has 0 radical (unpaired) electrons. The van der Waals surface area contributed by atoms with E-state index < -0.39 is 10.0 Å². The first kappa shape index (κ1) is 16.5. The number of hydrogen-bond donors (Lipinski definition) is 2. The van der Waals surface area contributed by atoms with Crippen molar-refractivity contribution < 1.29 is 18.3 Å². The van der Waals surface area contributed by atoms with Gasteiger partial charge in [-0.15, -0.1) is 0 Å². The van der Waals surface area contributed by atoms with Gasteiger partial charge in [-0.2, -0.15) is 0 Å². The van der Waals surface area contributed by atoms with E-state index in [2.05, 4.69) is 16.6 Å². The summed E-state index contributed by atoms with van der Waals surface area (Å²) in [6.07, 6.45) is 0. The number of rotatable bonds is 6. The zero-order valence-corrected chi connectivity index (χ0v) is 12.5. The quantitative estimate of drug-likeness (QED) is 0.609. The second-order valence-corrected chi connectivity index (χ2v) is 5.97. The molecule has 1 rings (SSSR count). The lowest BCUT2D eigenvalue weighted by atomic mass is 10.1. The SMILES string of the molecule is CCOCCS(=O)(=O)Nc1cc(C)ccc1C#CCO. The molecule has 1 aromatic carbocycles. The lowest BCUT2D eigenvalue weighted by Crippen LogP contribution is -2.20. The molecule has 0 bridgehead atoms. The molecule has 0 spiro atoms. The van der Waals surface area contributed by atoms with Crippen molar-refractivity contribution >= 4 is 15.7 Å². The monoisotopic (exact) mass is 297 g/mol. The van der Waals surface area contributed by atoms with Gasteiger partial charge in [0.05, 0.1) is 18.0 Å². The highest BCUT2D eigenvalue weighted by molar-refractivity contribution is 7.92. The summed E-state index contributed by atoms with van der Waals surface area (Å²) < 4.78 is 31.4. The van der Waals surface area contributed by atoms with Gasteiger partial charge >= 0.3 is 0 Å². The Labute approximate surface area is 120 Å². The van der Waals surface area contributed by atoms with Crippen molar-refractivity contribution in [2.75, 3.05) is 30.3 Å². The van der Waals surface area contributed by atoms with Crippen LogP contribution in [0.1, 0.15) is 18.1 Å². The van der Waals surface area contributed by atoms with Crippen LogP contribution < -0.4 is 4.72 Å². The fraction of sp³-hybridized carbons (Fsp3) is 0.429. The maximum absolute atomic E-state index is 11.9. The maximum Gasteiger partial charge on any atom is 0.235 e. The van der Waals surface area contributed by atoms with Crippen molar-refractivity contribution in [1.82, 2.24) is 0 Å². The van der Waals surface area contributed by atoms with Crippen molar-refractivity contribution in [2.24, 2.45) is 0 Å². The third-order valence-electron chi connectivity index (χ3n) is 2.44. The summed E-state index contributed by atoms with van der Waals surface area (Å²) in [7, 11) is -3.48. The highest BCUT2D eigenvalue weighted by Crippen LogP contribution is 2.18. The van der Waals surface area contributed by atoms with Crippen molar-refractivity contribution in [1.29, 1.82) is 0 Å². The summed E-state index contributed by atoms with van der Waals surface area (Å²) in [6, 6.07) is 5.26. The van der Waals surface area contributed by atoms with E-state index >= 15 is 0 Å². The Morgan fingerprint density at radius 1 is 1.40 bits per heavy atom. The predicted octanol–water partition coefficient (Wildman–Crippen LogP) is 1.12. The molecule has 0 atom stereocenters. The molecule has 6 heteroatoms. The molecule has 110 valence electrons. The first-order valence-electron chi connectivity index (χ1n) is 6.27. The topological polar surface area (TPSA) is 75.6 Å². The Kier molecular flexibility index (Phi) is 6.52. The number of ether oxygens (including phenoxy) is 1. The van der Waals surface area contributed by atoms with E-state index in [1.165, 1.54) is 0 Å². The Balaban J connectivity index is 2.92. The normalized spacial score (nSPS) is 10.8. The van der Waals surface area contributed by atoms with E-state index in [9.17, 15) is 8.42 Å². The van der Waals surface area contributed by atoms with Gasteiger partial charge < -0.3 is 9.84 Å². The number of anilines is 1. The molecule has 0 unspecified atom stereocenters. The third kappa shape index (κ3) is 5.61. The van der Waals surface area contributed by atoms with Crippen LogP contribution in [0, 0.1) is 18.8 Å². The summed E-state index contributed by atoms with van der Waals surface area (Å²) >= 11 is 0. The second kappa shape index (κ2) is 7.90. The van der Waals surface area contributed by atoms with Gasteiger partial charge in [-0.25, -0.2) is 8.42 Å². The van der Waals surface area contributed by atoms with Crippen LogP contribution in [-0.4, -0.2) is 39.1 Å². The first-order valence-corrected chi connectivity index (χ1v) is 7.92. The standard InChI is InChI=1S/C14H19NO4S/c1-3-19-9-10-20(17,18)15-14-11-12(2)6-7-13(14)5-4-8-16/h6-7,11,15-16H,3,8-10H2,1-2H3. The second-order valence-electron chi connectivity index (χ2n) is 4.13. The number of aliphatic hydroxyl groups excluding tert-OH is 1. The molecule has 1 aromatic rings. The molecule has 0 heterocycles. The number of benzene rings is 1. The van der Waals surface area contributed by atoms with Gasteiger partial charge in [0, 0.05) is 12.2 Å². The minimum atomic E-state index is -3.48. The van der Waals surface area contributed by atoms with Gasteiger partial charge in [0.2, 0.25) is 10.0 Å². The molecule has 5 nitrogen and oxygen atoms in total. The van der Waals surface area contributed by atoms with E-state index in [1.54, 1.807) is 12.1 Å². The zero-order valence-electron chi connectivity index (χ0n) is 11.6. The van der Waals surface area contributed by atoms with Gasteiger partial charge in [-0.3, -0.25) is 4.72 Å². The fourth-order valence-electron chi connectivity index (χ4n) is 1.52. The fourth-order valence-corrected chi connectivity index (χ4v) is 2.46. The van der Waals surface area contributed by atoms with Gasteiger partial charge in [0.25, 0.3) is 0 Å². The largest absolute Gasteiger partial charge is 0.384 e. The summed E-state index contributed by atoms with van der Waals surface area (Å²) in [5.41, 5.74) is 1.87. The minimum Gasteiger partial charge on any atom is -0.384 e. The highest BCUT2D eigenvalue weighted by Gasteiger charge is 2.12. The minimum absolute atomic E-state index is 0.109. The summed E-state index contributed by atoms with van der Waals surface area (Å²) in [5.74, 6) is 5.12. The maximum atomic E-state index is 11.9. The molecule has 0 aliphatic heterocycles. The molecular weight excluding hydrogens is 278 g/mol. The van der Waals surface area contributed by atoms with Crippen LogP contribution in [-0.2, 0) is 14.8 Å². The van der Waals surface area contributed by atoms with Crippen molar-refractivity contribution in [2.45, 2.75) is 13.8 Å². The Bertz CT molecular complexity index is 599. The highest BCUT2D eigenvalue weighted by atomic mass is 32.2. The lowest BCUT2D eigenvalue weighted by Gasteiger charge is -2.10. The number of aliphatic hydroxyl groups is 1. The summed E-state index contributed by atoms with van der Waals surface area (Å²) in [6.45, 7) is 4.03. The van der Waals surface area contributed by atoms with Crippen LogP contribution >= 0.6 is 0 Å². The lowest BCUT2D eigenvalue weighted by molar-refractivity contribution is 0.163. The molecule has 20 heavy (non-hydrogen) atoms.